The zero-order chi connectivity index (χ0) is 13.0. The fourth-order valence-corrected chi connectivity index (χ4v) is 1.48. The predicted octanol–water partition coefficient (Wildman–Crippen LogP) is 2.84. The molecule has 1 N–H and O–H groups in total. The molecule has 5 heteroatoms. The summed E-state index contributed by atoms with van der Waals surface area (Å²) >= 11 is 0. The minimum absolute atomic E-state index is 0.0150. The highest BCUT2D eigenvalue weighted by Crippen LogP contribution is 2.13. The summed E-state index contributed by atoms with van der Waals surface area (Å²) < 4.78 is 25.9. The van der Waals surface area contributed by atoms with E-state index in [1.807, 2.05) is 6.07 Å². The molecule has 0 aliphatic rings. The first-order valence-corrected chi connectivity index (χ1v) is 5.23. The van der Waals surface area contributed by atoms with Crippen LogP contribution in [-0.4, -0.2) is 4.98 Å². The summed E-state index contributed by atoms with van der Waals surface area (Å²) in [5.41, 5.74) is 1.35. The van der Waals surface area contributed by atoms with E-state index < -0.39 is 11.6 Å². The Kier molecular flexibility index (Phi) is 3.49. The first-order valence-electron chi connectivity index (χ1n) is 5.23. The maximum Gasteiger partial charge on any atom is 0.168 e. The fourth-order valence-electron chi connectivity index (χ4n) is 1.48. The molecule has 2 aromatic rings. The molecule has 90 valence electrons. The van der Waals surface area contributed by atoms with Crippen LogP contribution in [0, 0.1) is 23.0 Å². The van der Waals surface area contributed by atoms with Crippen LogP contribution in [-0.2, 0) is 6.54 Å². The van der Waals surface area contributed by atoms with Gasteiger partial charge in [0.1, 0.15) is 5.82 Å². The lowest BCUT2D eigenvalue weighted by molar-refractivity contribution is 0.575. The van der Waals surface area contributed by atoms with Crippen molar-refractivity contribution in [2.24, 2.45) is 0 Å². The maximum absolute atomic E-state index is 13.3. The third kappa shape index (κ3) is 2.80. The number of rotatable bonds is 3. The molecule has 0 spiro atoms. The Morgan fingerprint density at radius 1 is 1.28 bits per heavy atom. The standard InChI is InChI=1S/C13H9F2N3/c14-11-5-12(15)13(18-8-11)17-7-10-3-1-2-9(4-10)6-16/h1-5,8H,7H2,(H,17,18). The van der Waals surface area contributed by atoms with E-state index in [4.69, 9.17) is 5.26 Å². The van der Waals surface area contributed by atoms with Crippen LogP contribution in [0.4, 0.5) is 14.6 Å². The van der Waals surface area contributed by atoms with Gasteiger partial charge < -0.3 is 5.32 Å². The first-order chi connectivity index (χ1) is 8.69. The summed E-state index contributed by atoms with van der Waals surface area (Å²) in [6.07, 6.45) is 0.942. The lowest BCUT2D eigenvalue weighted by Crippen LogP contribution is -2.04. The largest absolute Gasteiger partial charge is 0.364 e. The molecule has 0 saturated heterocycles. The summed E-state index contributed by atoms with van der Waals surface area (Å²) in [4.78, 5) is 3.61. The number of benzene rings is 1. The smallest absolute Gasteiger partial charge is 0.168 e. The van der Waals surface area contributed by atoms with Gasteiger partial charge >= 0.3 is 0 Å². The topological polar surface area (TPSA) is 48.7 Å². The van der Waals surface area contributed by atoms with Crippen molar-refractivity contribution in [2.45, 2.75) is 6.54 Å². The number of nitrogens with one attached hydrogen (secondary N) is 1. The molecule has 2 rings (SSSR count). The van der Waals surface area contributed by atoms with E-state index >= 15 is 0 Å². The van der Waals surface area contributed by atoms with Gasteiger partial charge in [-0.25, -0.2) is 13.8 Å². The summed E-state index contributed by atoms with van der Waals surface area (Å²) in [5, 5.41) is 11.5. The van der Waals surface area contributed by atoms with Crippen LogP contribution in [0.15, 0.2) is 36.5 Å². The first kappa shape index (κ1) is 12.0. The molecule has 18 heavy (non-hydrogen) atoms. The minimum atomic E-state index is -0.744. The molecule has 0 radical (unpaired) electrons. The lowest BCUT2D eigenvalue weighted by atomic mass is 10.1. The van der Waals surface area contributed by atoms with Gasteiger partial charge in [0.05, 0.1) is 17.8 Å². The van der Waals surface area contributed by atoms with Gasteiger partial charge in [0.15, 0.2) is 11.6 Å². The average molecular weight is 245 g/mol. The Morgan fingerprint density at radius 2 is 2.11 bits per heavy atom. The third-order valence-corrected chi connectivity index (χ3v) is 2.32. The van der Waals surface area contributed by atoms with Crippen molar-refractivity contribution in [2.75, 3.05) is 5.32 Å². The van der Waals surface area contributed by atoms with Crippen molar-refractivity contribution >= 4 is 5.82 Å². The molecule has 0 atom stereocenters. The molecule has 0 aliphatic carbocycles. The maximum atomic E-state index is 13.3. The van der Waals surface area contributed by atoms with E-state index in [2.05, 4.69) is 10.3 Å². The highest BCUT2D eigenvalue weighted by molar-refractivity contribution is 5.39. The van der Waals surface area contributed by atoms with E-state index in [1.54, 1.807) is 24.3 Å². The van der Waals surface area contributed by atoms with Crippen molar-refractivity contribution in [1.82, 2.24) is 4.98 Å². The Hall–Kier alpha value is -2.48. The monoisotopic (exact) mass is 245 g/mol. The van der Waals surface area contributed by atoms with Crippen LogP contribution in [0.1, 0.15) is 11.1 Å². The highest BCUT2D eigenvalue weighted by atomic mass is 19.1. The number of hydrogen-bond donors (Lipinski definition) is 1. The lowest BCUT2D eigenvalue weighted by Gasteiger charge is -2.06. The predicted molar refractivity (Wildman–Crippen MR) is 62.6 cm³/mol. The number of anilines is 1. The number of hydrogen-bond acceptors (Lipinski definition) is 3. The number of aromatic nitrogens is 1. The van der Waals surface area contributed by atoms with Gasteiger partial charge in [-0.05, 0) is 17.7 Å². The van der Waals surface area contributed by atoms with Crippen molar-refractivity contribution in [3.8, 4) is 6.07 Å². The summed E-state index contributed by atoms with van der Waals surface area (Å²) in [5.74, 6) is -1.48. The van der Waals surface area contributed by atoms with E-state index in [9.17, 15) is 8.78 Å². The van der Waals surface area contributed by atoms with Crippen LogP contribution in [0.5, 0.6) is 0 Å². The van der Waals surface area contributed by atoms with E-state index in [-0.39, 0.29) is 5.82 Å². The van der Waals surface area contributed by atoms with Gasteiger partial charge in [0, 0.05) is 12.6 Å². The van der Waals surface area contributed by atoms with Gasteiger partial charge in [-0.15, -0.1) is 0 Å². The van der Waals surface area contributed by atoms with Gasteiger partial charge in [-0.1, -0.05) is 12.1 Å². The molecule has 1 aromatic heterocycles. The second kappa shape index (κ2) is 5.23. The van der Waals surface area contributed by atoms with E-state index in [0.717, 1.165) is 17.8 Å². The molecule has 3 nitrogen and oxygen atoms in total. The molecule has 1 heterocycles. The summed E-state index contributed by atoms with van der Waals surface area (Å²) in [7, 11) is 0. The van der Waals surface area contributed by atoms with E-state index in [0.29, 0.717) is 12.1 Å². The summed E-state index contributed by atoms with van der Waals surface area (Å²) in [6, 6.07) is 9.69. The van der Waals surface area contributed by atoms with Gasteiger partial charge in [0.25, 0.3) is 0 Å². The van der Waals surface area contributed by atoms with Gasteiger partial charge in [-0.2, -0.15) is 5.26 Å². The van der Waals surface area contributed by atoms with Gasteiger partial charge in [-0.3, -0.25) is 0 Å². The van der Waals surface area contributed by atoms with Crippen LogP contribution >= 0.6 is 0 Å². The fraction of sp³-hybridized carbons (Fsp3) is 0.0769. The molecule has 0 fully saturated rings. The van der Waals surface area contributed by atoms with Gasteiger partial charge in [0.2, 0.25) is 0 Å². The molecule has 0 bridgehead atoms. The zero-order valence-corrected chi connectivity index (χ0v) is 9.32. The third-order valence-electron chi connectivity index (χ3n) is 2.32. The van der Waals surface area contributed by atoms with Crippen LogP contribution in [0.25, 0.3) is 0 Å². The normalized spacial score (nSPS) is 9.83. The average Bonchev–Trinajstić information content (AvgIpc) is 2.38. The number of nitrogens with zero attached hydrogens (tertiary/aromatic N) is 2. The second-order valence-electron chi connectivity index (χ2n) is 3.65. The minimum Gasteiger partial charge on any atom is -0.364 e. The highest BCUT2D eigenvalue weighted by Gasteiger charge is 2.05. The molecule has 1 aromatic carbocycles. The Balaban J connectivity index is 2.09. The second-order valence-corrected chi connectivity index (χ2v) is 3.65. The molecule has 0 unspecified atom stereocenters. The SMILES string of the molecule is N#Cc1cccc(CNc2ncc(F)cc2F)c1. The Bertz CT molecular complexity index is 605. The van der Waals surface area contributed by atoms with Crippen molar-refractivity contribution < 1.29 is 8.78 Å². The van der Waals surface area contributed by atoms with Crippen molar-refractivity contribution in [1.29, 1.82) is 5.26 Å². The molecular weight excluding hydrogens is 236 g/mol. The molecular formula is C13H9F2N3. The number of pyridine rings is 1. The number of nitriles is 1. The Labute approximate surface area is 103 Å². The Morgan fingerprint density at radius 3 is 2.83 bits per heavy atom. The van der Waals surface area contributed by atoms with Crippen LogP contribution in [0.3, 0.4) is 0 Å². The number of halogens is 2. The van der Waals surface area contributed by atoms with E-state index in [1.165, 1.54) is 0 Å². The van der Waals surface area contributed by atoms with Crippen molar-refractivity contribution in [3.05, 3.63) is 59.3 Å². The molecule has 0 saturated carbocycles. The summed E-state index contributed by atoms with van der Waals surface area (Å²) in [6.45, 7) is 0.311. The quantitative estimate of drug-likeness (QED) is 0.904. The van der Waals surface area contributed by atoms with Crippen LogP contribution < -0.4 is 5.32 Å². The molecule has 0 aliphatic heterocycles. The van der Waals surface area contributed by atoms with Crippen molar-refractivity contribution in [3.63, 3.8) is 0 Å². The molecule has 0 amide bonds. The van der Waals surface area contributed by atoms with Crippen LogP contribution in [0.2, 0.25) is 0 Å². The zero-order valence-electron chi connectivity index (χ0n) is 9.32.